The van der Waals surface area contributed by atoms with E-state index >= 15 is 0 Å². The van der Waals surface area contributed by atoms with Crippen molar-refractivity contribution < 1.29 is 4.79 Å². The lowest BCUT2D eigenvalue weighted by molar-refractivity contribution is -0.118. The molecular weight excluding hydrogens is 248 g/mol. The van der Waals surface area contributed by atoms with Crippen LogP contribution >= 0.6 is 11.6 Å². The molecule has 1 atom stereocenters. The first-order chi connectivity index (χ1) is 8.70. The molecule has 0 bridgehead atoms. The summed E-state index contributed by atoms with van der Waals surface area (Å²) in [6, 6.07) is 12.9. The van der Waals surface area contributed by atoms with E-state index in [1.165, 1.54) is 4.90 Å². The molecule has 0 fully saturated rings. The fraction of sp³-hybridized carbons (Fsp3) is 0.143. The maximum absolute atomic E-state index is 12.2. The summed E-state index contributed by atoms with van der Waals surface area (Å²) in [6.07, 6.45) is 3.30. The summed E-state index contributed by atoms with van der Waals surface area (Å²) in [5.41, 5.74) is 1.52. The van der Waals surface area contributed by atoms with E-state index in [0.717, 1.165) is 11.3 Å². The zero-order valence-electron chi connectivity index (χ0n) is 9.95. The van der Waals surface area contributed by atoms with Gasteiger partial charge in [-0.3, -0.25) is 9.78 Å². The highest BCUT2D eigenvalue weighted by atomic mass is 35.5. The van der Waals surface area contributed by atoms with Crippen LogP contribution in [0.1, 0.15) is 10.9 Å². The average Bonchev–Trinajstić information content (AvgIpc) is 2.47. The van der Waals surface area contributed by atoms with Gasteiger partial charge in [-0.25, -0.2) is 0 Å². The third-order valence-electron chi connectivity index (χ3n) is 2.67. The minimum absolute atomic E-state index is 0.170. The number of carbonyl (C=O) groups is 1. The molecule has 0 aliphatic carbocycles. The van der Waals surface area contributed by atoms with Crippen LogP contribution in [0.15, 0.2) is 54.9 Å². The van der Waals surface area contributed by atoms with Gasteiger partial charge in [-0.2, -0.15) is 0 Å². The summed E-state index contributed by atoms with van der Waals surface area (Å²) in [6.45, 7) is 0. The summed E-state index contributed by atoms with van der Waals surface area (Å²) in [7, 11) is 1.69. The lowest BCUT2D eigenvalue weighted by atomic mass is 10.1. The minimum Gasteiger partial charge on any atom is -0.312 e. The number of alkyl halides is 1. The molecule has 0 saturated heterocycles. The Labute approximate surface area is 111 Å². The van der Waals surface area contributed by atoms with Gasteiger partial charge in [0.15, 0.2) is 0 Å². The minimum atomic E-state index is -0.684. The fourth-order valence-electron chi connectivity index (χ4n) is 1.61. The van der Waals surface area contributed by atoms with Gasteiger partial charge >= 0.3 is 0 Å². The van der Waals surface area contributed by atoms with Crippen LogP contribution < -0.4 is 4.90 Å². The number of rotatable bonds is 3. The van der Waals surface area contributed by atoms with Crippen LogP contribution in [0.5, 0.6) is 0 Å². The number of likely N-dealkylation sites (N-methyl/N-ethyl adjacent to an activating group) is 1. The molecule has 0 N–H and O–H groups in total. The van der Waals surface area contributed by atoms with E-state index in [-0.39, 0.29) is 5.91 Å². The van der Waals surface area contributed by atoms with Gasteiger partial charge in [0.25, 0.3) is 0 Å². The van der Waals surface area contributed by atoms with E-state index in [4.69, 9.17) is 11.6 Å². The van der Waals surface area contributed by atoms with Gasteiger partial charge in [-0.1, -0.05) is 30.3 Å². The summed E-state index contributed by atoms with van der Waals surface area (Å²) in [4.78, 5) is 17.7. The lowest BCUT2D eigenvalue weighted by Crippen LogP contribution is -2.29. The quantitative estimate of drug-likeness (QED) is 0.795. The third kappa shape index (κ3) is 2.68. The number of benzene rings is 1. The van der Waals surface area contributed by atoms with Crippen LogP contribution in [-0.4, -0.2) is 17.9 Å². The molecule has 1 amide bonds. The normalized spacial score (nSPS) is 11.9. The Morgan fingerprint density at radius 2 is 1.94 bits per heavy atom. The molecule has 2 rings (SSSR count). The molecule has 0 aliphatic rings. The number of halogens is 1. The maximum atomic E-state index is 12.2. The van der Waals surface area contributed by atoms with Gasteiger partial charge in [0.05, 0.1) is 11.9 Å². The predicted molar refractivity (Wildman–Crippen MR) is 72.7 cm³/mol. The van der Waals surface area contributed by atoms with Crippen LogP contribution in [0.3, 0.4) is 0 Å². The molecule has 0 aliphatic heterocycles. The Balaban J connectivity index is 2.17. The van der Waals surface area contributed by atoms with Crippen molar-refractivity contribution in [3.63, 3.8) is 0 Å². The number of aromatic nitrogens is 1. The molecule has 3 nitrogen and oxygen atoms in total. The second-order valence-electron chi connectivity index (χ2n) is 3.88. The van der Waals surface area contributed by atoms with Gasteiger partial charge in [0.1, 0.15) is 5.38 Å². The number of nitrogens with zero attached hydrogens (tertiary/aromatic N) is 2. The Morgan fingerprint density at radius 1 is 1.22 bits per heavy atom. The number of amides is 1. The lowest BCUT2D eigenvalue weighted by Gasteiger charge is -2.20. The second kappa shape index (κ2) is 5.65. The molecule has 1 heterocycles. The largest absolute Gasteiger partial charge is 0.312 e. The van der Waals surface area contributed by atoms with E-state index in [2.05, 4.69) is 4.98 Å². The van der Waals surface area contributed by atoms with Gasteiger partial charge < -0.3 is 4.90 Å². The molecule has 0 radical (unpaired) electrons. The number of hydrogen-bond acceptors (Lipinski definition) is 2. The highest BCUT2D eigenvalue weighted by Crippen LogP contribution is 2.24. The first-order valence-electron chi connectivity index (χ1n) is 5.57. The highest BCUT2D eigenvalue weighted by molar-refractivity contribution is 6.32. The van der Waals surface area contributed by atoms with Crippen molar-refractivity contribution in [2.75, 3.05) is 11.9 Å². The fourth-order valence-corrected chi connectivity index (χ4v) is 1.91. The van der Waals surface area contributed by atoms with Gasteiger partial charge in [-0.05, 0) is 17.7 Å². The average molecular weight is 261 g/mol. The van der Waals surface area contributed by atoms with Crippen molar-refractivity contribution >= 4 is 23.2 Å². The van der Waals surface area contributed by atoms with E-state index in [9.17, 15) is 4.79 Å². The molecule has 1 aromatic heterocycles. The SMILES string of the molecule is CN(C(=O)C(Cl)c1ccccc1)c1cccnc1. The molecule has 0 saturated carbocycles. The second-order valence-corrected chi connectivity index (χ2v) is 4.32. The van der Waals surface area contributed by atoms with E-state index in [1.54, 1.807) is 25.5 Å². The number of anilines is 1. The zero-order valence-corrected chi connectivity index (χ0v) is 10.7. The molecule has 92 valence electrons. The Hall–Kier alpha value is -1.87. The summed E-state index contributed by atoms with van der Waals surface area (Å²) in [5.74, 6) is -0.170. The third-order valence-corrected chi connectivity index (χ3v) is 3.11. The monoisotopic (exact) mass is 260 g/mol. The van der Waals surface area contributed by atoms with Gasteiger partial charge in [0.2, 0.25) is 5.91 Å². The number of hydrogen-bond donors (Lipinski definition) is 0. The van der Waals surface area contributed by atoms with Crippen molar-refractivity contribution in [1.29, 1.82) is 0 Å². The molecule has 18 heavy (non-hydrogen) atoms. The van der Waals surface area contributed by atoms with Gasteiger partial charge in [0, 0.05) is 13.2 Å². The van der Waals surface area contributed by atoms with Crippen LogP contribution in [0.25, 0.3) is 0 Å². The maximum Gasteiger partial charge on any atom is 0.249 e. The van der Waals surface area contributed by atoms with Crippen molar-refractivity contribution in [2.45, 2.75) is 5.38 Å². The molecular formula is C14H13ClN2O. The molecule has 0 spiro atoms. The first kappa shape index (κ1) is 12.6. The first-order valence-corrected chi connectivity index (χ1v) is 6.00. The highest BCUT2D eigenvalue weighted by Gasteiger charge is 2.22. The Morgan fingerprint density at radius 3 is 2.56 bits per heavy atom. The molecule has 2 aromatic rings. The van der Waals surface area contributed by atoms with E-state index in [1.807, 2.05) is 36.4 Å². The van der Waals surface area contributed by atoms with Crippen molar-refractivity contribution in [2.24, 2.45) is 0 Å². The number of pyridine rings is 1. The van der Waals surface area contributed by atoms with Crippen LogP contribution in [0.2, 0.25) is 0 Å². The number of carbonyl (C=O) groups excluding carboxylic acids is 1. The Bertz CT molecular complexity index is 468. The molecule has 1 unspecified atom stereocenters. The summed E-state index contributed by atoms with van der Waals surface area (Å²) < 4.78 is 0. The van der Waals surface area contributed by atoms with Crippen LogP contribution in [-0.2, 0) is 4.79 Å². The summed E-state index contributed by atoms with van der Waals surface area (Å²) in [5, 5.41) is -0.684. The zero-order chi connectivity index (χ0) is 13.0. The standard InChI is InChI=1S/C14H13ClN2O/c1-17(12-8-5-9-16-10-12)14(18)13(15)11-6-3-2-4-7-11/h2-10,13H,1H3. The van der Waals surface area contributed by atoms with Crippen molar-refractivity contribution in [3.05, 3.63) is 60.4 Å². The van der Waals surface area contributed by atoms with E-state index in [0.29, 0.717) is 0 Å². The smallest absolute Gasteiger partial charge is 0.249 e. The van der Waals surface area contributed by atoms with Crippen molar-refractivity contribution in [1.82, 2.24) is 4.98 Å². The van der Waals surface area contributed by atoms with Crippen LogP contribution in [0, 0.1) is 0 Å². The van der Waals surface area contributed by atoms with E-state index < -0.39 is 5.38 Å². The van der Waals surface area contributed by atoms with Crippen molar-refractivity contribution in [3.8, 4) is 0 Å². The van der Waals surface area contributed by atoms with Crippen LogP contribution in [0.4, 0.5) is 5.69 Å². The molecule has 4 heteroatoms. The Kier molecular flexibility index (Phi) is 3.95. The molecule has 1 aromatic carbocycles. The summed E-state index contributed by atoms with van der Waals surface area (Å²) >= 11 is 6.19. The van der Waals surface area contributed by atoms with Gasteiger partial charge in [-0.15, -0.1) is 11.6 Å². The predicted octanol–water partition coefficient (Wildman–Crippen LogP) is 3.02. The topological polar surface area (TPSA) is 33.2 Å².